The highest BCUT2D eigenvalue weighted by Gasteiger charge is 2.29. The highest BCUT2D eigenvalue weighted by Crippen LogP contribution is 2.24. The lowest BCUT2D eigenvalue weighted by Crippen LogP contribution is -2.49. The first-order valence-electron chi connectivity index (χ1n) is 9.89. The Morgan fingerprint density at radius 1 is 1.21 bits per heavy atom. The Balaban J connectivity index is 1.50. The van der Waals surface area contributed by atoms with Gasteiger partial charge in [-0.2, -0.15) is 0 Å². The van der Waals surface area contributed by atoms with E-state index in [-0.39, 0.29) is 5.91 Å². The third kappa shape index (κ3) is 4.97. The fraction of sp³-hybridized carbons (Fsp3) is 0.435. The maximum Gasteiger partial charge on any atom is 0.245 e. The molecule has 1 heterocycles. The summed E-state index contributed by atoms with van der Waals surface area (Å²) in [5.74, 6) is 1.28. The molecular weight excluding hydrogens is 350 g/mol. The average Bonchev–Trinajstić information content (AvgIpc) is 3.15. The average molecular weight is 382 g/mol. The van der Waals surface area contributed by atoms with E-state index < -0.39 is 5.54 Å². The SMILES string of the molecule is COc1ccc(NC(C)(C)C(=O)NCC2CCN(c3cccc(C)c3)C2)cc1. The van der Waals surface area contributed by atoms with Crippen molar-refractivity contribution in [3.8, 4) is 5.75 Å². The Kier molecular flexibility index (Phi) is 6.12. The van der Waals surface area contributed by atoms with Crippen molar-refractivity contribution in [2.24, 2.45) is 5.92 Å². The van der Waals surface area contributed by atoms with Gasteiger partial charge in [0.15, 0.2) is 0 Å². The van der Waals surface area contributed by atoms with Gasteiger partial charge < -0.3 is 20.3 Å². The van der Waals surface area contributed by atoms with Crippen molar-refractivity contribution in [3.63, 3.8) is 0 Å². The number of rotatable bonds is 7. The molecule has 0 spiro atoms. The molecule has 1 aliphatic rings. The molecule has 0 saturated carbocycles. The van der Waals surface area contributed by atoms with Crippen molar-refractivity contribution in [2.45, 2.75) is 32.7 Å². The van der Waals surface area contributed by atoms with Gasteiger partial charge in [0, 0.05) is 31.0 Å². The number of hydrogen-bond donors (Lipinski definition) is 2. The lowest BCUT2D eigenvalue weighted by atomic mass is 10.0. The molecule has 0 bridgehead atoms. The standard InChI is InChI=1S/C23H31N3O2/c1-17-6-5-7-20(14-17)26-13-12-18(16-26)15-24-22(27)23(2,3)25-19-8-10-21(28-4)11-9-19/h5-11,14,18,25H,12-13,15-16H2,1-4H3,(H,24,27). The molecule has 28 heavy (non-hydrogen) atoms. The number of anilines is 2. The van der Waals surface area contributed by atoms with Crippen LogP contribution >= 0.6 is 0 Å². The maximum atomic E-state index is 12.7. The zero-order valence-corrected chi connectivity index (χ0v) is 17.3. The highest BCUT2D eigenvalue weighted by molar-refractivity contribution is 5.88. The van der Waals surface area contributed by atoms with E-state index in [1.165, 1.54) is 11.3 Å². The van der Waals surface area contributed by atoms with Gasteiger partial charge in [-0.3, -0.25) is 4.79 Å². The van der Waals surface area contributed by atoms with E-state index >= 15 is 0 Å². The Morgan fingerprint density at radius 3 is 2.64 bits per heavy atom. The van der Waals surface area contributed by atoms with Crippen LogP contribution in [0, 0.1) is 12.8 Å². The van der Waals surface area contributed by atoms with E-state index in [0.717, 1.165) is 30.9 Å². The zero-order chi connectivity index (χ0) is 20.1. The fourth-order valence-corrected chi connectivity index (χ4v) is 3.61. The number of benzene rings is 2. The van der Waals surface area contributed by atoms with E-state index in [9.17, 15) is 4.79 Å². The molecule has 150 valence electrons. The van der Waals surface area contributed by atoms with Crippen LogP contribution in [0.15, 0.2) is 48.5 Å². The summed E-state index contributed by atoms with van der Waals surface area (Å²) >= 11 is 0. The number of methoxy groups -OCH3 is 1. The van der Waals surface area contributed by atoms with Crippen LogP contribution in [0.5, 0.6) is 5.75 Å². The summed E-state index contributed by atoms with van der Waals surface area (Å²) in [7, 11) is 1.64. The van der Waals surface area contributed by atoms with Gasteiger partial charge in [0.1, 0.15) is 11.3 Å². The van der Waals surface area contributed by atoms with E-state index in [2.05, 4.69) is 46.7 Å². The van der Waals surface area contributed by atoms with Gasteiger partial charge in [-0.15, -0.1) is 0 Å². The summed E-state index contributed by atoms with van der Waals surface area (Å²) in [4.78, 5) is 15.1. The van der Waals surface area contributed by atoms with Gasteiger partial charge in [0.2, 0.25) is 5.91 Å². The summed E-state index contributed by atoms with van der Waals surface area (Å²) in [6, 6.07) is 16.2. The van der Waals surface area contributed by atoms with Crippen molar-refractivity contribution in [3.05, 3.63) is 54.1 Å². The molecular formula is C23H31N3O2. The van der Waals surface area contributed by atoms with Gasteiger partial charge in [0.25, 0.3) is 0 Å². The van der Waals surface area contributed by atoms with Crippen molar-refractivity contribution >= 4 is 17.3 Å². The molecule has 2 aromatic carbocycles. The molecule has 0 radical (unpaired) electrons. The second-order valence-electron chi connectivity index (χ2n) is 8.13. The molecule has 5 heteroatoms. The minimum atomic E-state index is -0.691. The lowest BCUT2D eigenvalue weighted by Gasteiger charge is -2.27. The second kappa shape index (κ2) is 8.55. The first kappa shape index (κ1) is 20.1. The summed E-state index contributed by atoms with van der Waals surface area (Å²) < 4.78 is 5.18. The number of amides is 1. The molecule has 1 fully saturated rings. The van der Waals surface area contributed by atoms with Gasteiger partial charge >= 0.3 is 0 Å². The number of aryl methyl sites for hydroxylation is 1. The van der Waals surface area contributed by atoms with Crippen LogP contribution in [0.4, 0.5) is 11.4 Å². The molecule has 5 nitrogen and oxygen atoms in total. The topological polar surface area (TPSA) is 53.6 Å². The second-order valence-corrected chi connectivity index (χ2v) is 8.13. The third-order valence-corrected chi connectivity index (χ3v) is 5.32. The molecule has 2 N–H and O–H groups in total. The van der Waals surface area contributed by atoms with Crippen LogP contribution in [0.3, 0.4) is 0 Å². The maximum absolute atomic E-state index is 12.7. The molecule has 1 aliphatic heterocycles. The van der Waals surface area contributed by atoms with Gasteiger partial charge in [-0.1, -0.05) is 12.1 Å². The normalized spacial score (nSPS) is 16.7. The zero-order valence-electron chi connectivity index (χ0n) is 17.3. The summed E-state index contributed by atoms with van der Waals surface area (Å²) in [6.45, 7) is 8.65. The van der Waals surface area contributed by atoms with Crippen molar-refractivity contribution < 1.29 is 9.53 Å². The quantitative estimate of drug-likeness (QED) is 0.765. The Morgan fingerprint density at radius 2 is 1.96 bits per heavy atom. The number of nitrogens with one attached hydrogen (secondary N) is 2. The van der Waals surface area contributed by atoms with Crippen LogP contribution in [-0.2, 0) is 4.79 Å². The number of ether oxygens (including phenoxy) is 1. The smallest absolute Gasteiger partial charge is 0.245 e. The van der Waals surface area contributed by atoms with Crippen LogP contribution in [0.2, 0.25) is 0 Å². The van der Waals surface area contributed by atoms with Gasteiger partial charge in [0.05, 0.1) is 7.11 Å². The summed E-state index contributed by atoms with van der Waals surface area (Å²) in [6.07, 6.45) is 1.10. The van der Waals surface area contributed by atoms with Crippen molar-refractivity contribution in [2.75, 3.05) is 37.0 Å². The minimum absolute atomic E-state index is 0.0114. The lowest BCUT2D eigenvalue weighted by molar-refractivity contribution is -0.124. The Labute approximate surface area is 168 Å². The minimum Gasteiger partial charge on any atom is -0.497 e. The van der Waals surface area contributed by atoms with Crippen molar-refractivity contribution in [1.29, 1.82) is 0 Å². The number of hydrogen-bond acceptors (Lipinski definition) is 4. The number of carbonyl (C=O) groups is 1. The number of nitrogens with zero attached hydrogens (tertiary/aromatic N) is 1. The summed E-state index contributed by atoms with van der Waals surface area (Å²) in [5.41, 5.74) is 2.76. The monoisotopic (exact) mass is 381 g/mol. The molecule has 1 saturated heterocycles. The third-order valence-electron chi connectivity index (χ3n) is 5.32. The van der Waals surface area contributed by atoms with Gasteiger partial charge in [-0.25, -0.2) is 0 Å². The van der Waals surface area contributed by atoms with Crippen LogP contribution in [0.25, 0.3) is 0 Å². The molecule has 2 aromatic rings. The Bertz CT molecular complexity index is 802. The van der Waals surface area contributed by atoms with Crippen LogP contribution in [-0.4, -0.2) is 38.2 Å². The molecule has 1 amide bonds. The van der Waals surface area contributed by atoms with Crippen LogP contribution < -0.4 is 20.3 Å². The van der Waals surface area contributed by atoms with Gasteiger partial charge in [-0.05, 0) is 75.1 Å². The predicted molar refractivity (Wildman–Crippen MR) is 115 cm³/mol. The Hall–Kier alpha value is -2.69. The van der Waals surface area contributed by atoms with Crippen molar-refractivity contribution in [1.82, 2.24) is 5.32 Å². The number of carbonyl (C=O) groups excluding carboxylic acids is 1. The predicted octanol–water partition coefficient (Wildman–Crippen LogP) is 3.84. The fourth-order valence-electron chi connectivity index (χ4n) is 3.61. The molecule has 0 aliphatic carbocycles. The van der Waals surface area contributed by atoms with E-state index in [4.69, 9.17) is 4.74 Å². The largest absolute Gasteiger partial charge is 0.497 e. The van der Waals surface area contributed by atoms with Crippen LogP contribution in [0.1, 0.15) is 25.8 Å². The highest BCUT2D eigenvalue weighted by atomic mass is 16.5. The molecule has 3 rings (SSSR count). The first-order valence-corrected chi connectivity index (χ1v) is 9.89. The first-order chi connectivity index (χ1) is 13.4. The molecule has 0 aromatic heterocycles. The molecule has 1 unspecified atom stereocenters. The molecule has 1 atom stereocenters. The summed E-state index contributed by atoms with van der Waals surface area (Å²) in [5, 5.41) is 6.45. The van der Waals surface area contributed by atoms with E-state index in [1.54, 1.807) is 7.11 Å². The van der Waals surface area contributed by atoms with E-state index in [0.29, 0.717) is 12.5 Å². The van der Waals surface area contributed by atoms with E-state index in [1.807, 2.05) is 38.1 Å².